The van der Waals surface area contributed by atoms with E-state index in [9.17, 15) is 5.26 Å². The first kappa shape index (κ1) is 20.5. The van der Waals surface area contributed by atoms with Crippen molar-refractivity contribution in [2.45, 2.75) is 19.4 Å². The van der Waals surface area contributed by atoms with Gasteiger partial charge in [-0.3, -0.25) is 0 Å². The van der Waals surface area contributed by atoms with E-state index in [1.54, 1.807) is 23.1 Å². The number of rotatable bonds is 6. The van der Waals surface area contributed by atoms with E-state index in [0.29, 0.717) is 35.6 Å². The summed E-state index contributed by atoms with van der Waals surface area (Å²) in [5.41, 5.74) is 3.08. The first-order valence-electron chi connectivity index (χ1n) is 11.6. The molecule has 2 aliphatic heterocycles. The van der Waals surface area contributed by atoms with Crippen molar-refractivity contribution < 1.29 is 9.47 Å². The number of piperidine rings is 2. The van der Waals surface area contributed by atoms with Gasteiger partial charge in [0.1, 0.15) is 23.7 Å². The van der Waals surface area contributed by atoms with Crippen molar-refractivity contribution >= 4 is 11.3 Å². The molecule has 3 atom stereocenters. The van der Waals surface area contributed by atoms with Gasteiger partial charge in [-0.2, -0.15) is 10.4 Å². The Kier molecular flexibility index (Phi) is 5.02. The van der Waals surface area contributed by atoms with Gasteiger partial charge in [0, 0.05) is 54.5 Å². The van der Waals surface area contributed by atoms with E-state index in [0.717, 1.165) is 35.6 Å². The number of nitrogens with zero attached hydrogens (tertiary/aromatic N) is 6. The summed E-state index contributed by atoms with van der Waals surface area (Å²) in [5.74, 6) is 3.33. The zero-order valence-corrected chi connectivity index (χ0v) is 18.8. The number of anilines is 1. The van der Waals surface area contributed by atoms with E-state index in [1.165, 1.54) is 6.42 Å². The Morgan fingerprint density at radius 2 is 2.00 bits per heavy atom. The maximum atomic E-state index is 9.56. The van der Waals surface area contributed by atoms with Crippen LogP contribution >= 0.6 is 0 Å². The number of nitriles is 1. The van der Waals surface area contributed by atoms with Crippen molar-refractivity contribution in [2.75, 3.05) is 24.6 Å². The molecule has 0 aromatic carbocycles. The molecule has 0 spiro atoms. The van der Waals surface area contributed by atoms with Crippen molar-refractivity contribution in [1.29, 1.82) is 5.26 Å². The fraction of sp³-hybridized carbons (Fsp3) is 0.308. The molecule has 7 rings (SSSR count). The molecular weight excluding hydrogens is 428 g/mol. The normalized spacial score (nSPS) is 21.1. The molecule has 0 N–H and O–H groups in total. The van der Waals surface area contributed by atoms with E-state index in [1.807, 2.05) is 37.4 Å². The van der Waals surface area contributed by atoms with Gasteiger partial charge in [0.15, 0.2) is 0 Å². The van der Waals surface area contributed by atoms with Gasteiger partial charge in [-0.1, -0.05) is 6.07 Å². The highest BCUT2D eigenvalue weighted by Gasteiger charge is 2.48. The van der Waals surface area contributed by atoms with Gasteiger partial charge in [-0.15, -0.1) is 0 Å². The quantitative estimate of drug-likeness (QED) is 0.437. The van der Waals surface area contributed by atoms with Crippen LogP contribution in [-0.4, -0.2) is 45.4 Å². The van der Waals surface area contributed by atoms with Crippen molar-refractivity contribution in [1.82, 2.24) is 19.6 Å². The van der Waals surface area contributed by atoms with Crippen LogP contribution in [-0.2, 0) is 0 Å². The highest BCUT2D eigenvalue weighted by atomic mass is 16.5. The van der Waals surface area contributed by atoms with Gasteiger partial charge < -0.3 is 14.4 Å². The zero-order valence-electron chi connectivity index (χ0n) is 18.8. The highest BCUT2D eigenvalue weighted by molar-refractivity contribution is 5.85. The predicted octanol–water partition coefficient (Wildman–Crippen LogP) is 3.97. The molecule has 2 bridgehead atoms. The molecule has 0 amide bonds. The number of pyridine rings is 3. The minimum atomic E-state index is 0.228. The number of ether oxygens (including phenoxy) is 2. The molecule has 34 heavy (non-hydrogen) atoms. The molecule has 8 heteroatoms. The average Bonchev–Trinajstić information content (AvgIpc) is 3.31. The van der Waals surface area contributed by atoms with Crippen molar-refractivity contribution in [3.8, 4) is 28.8 Å². The molecule has 0 radical (unpaired) electrons. The first-order valence-corrected chi connectivity index (χ1v) is 11.6. The van der Waals surface area contributed by atoms with Crippen LogP contribution in [0, 0.1) is 23.2 Å². The van der Waals surface area contributed by atoms with Gasteiger partial charge in [-0.25, -0.2) is 14.5 Å². The molecule has 2 saturated heterocycles. The summed E-state index contributed by atoms with van der Waals surface area (Å²) in [6.07, 6.45) is 8.44. The van der Waals surface area contributed by atoms with Crippen LogP contribution in [0.5, 0.6) is 11.6 Å². The van der Waals surface area contributed by atoms with E-state index in [2.05, 4.69) is 33.2 Å². The Labute approximate surface area is 197 Å². The summed E-state index contributed by atoms with van der Waals surface area (Å²) >= 11 is 0. The van der Waals surface area contributed by atoms with Crippen LogP contribution in [0.3, 0.4) is 0 Å². The van der Waals surface area contributed by atoms with Crippen molar-refractivity contribution in [3.63, 3.8) is 0 Å². The first-order chi connectivity index (χ1) is 16.7. The molecule has 3 aliphatic rings. The minimum Gasteiger partial charge on any atom is -0.492 e. The van der Waals surface area contributed by atoms with Crippen LogP contribution in [0.4, 0.5) is 5.82 Å². The van der Waals surface area contributed by atoms with Crippen molar-refractivity contribution in [2.24, 2.45) is 11.8 Å². The molecular formula is C26H24N6O2. The molecule has 1 unspecified atom stereocenters. The highest BCUT2D eigenvalue weighted by Crippen LogP contribution is 2.43. The predicted molar refractivity (Wildman–Crippen MR) is 127 cm³/mol. The zero-order chi connectivity index (χ0) is 23.1. The second-order valence-corrected chi connectivity index (χ2v) is 8.80. The Morgan fingerprint density at radius 3 is 2.71 bits per heavy atom. The van der Waals surface area contributed by atoms with E-state index in [-0.39, 0.29) is 6.10 Å². The average molecular weight is 453 g/mol. The molecule has 1 aliphatic carbocycles. The lowest BCUT2D eigenvalue weighted by molar-refractivity contribution is -0.0367. The molecule has 4 aromatic rings. The summed E-state index contributed by atoms with van der Waals surface area (Å²) < 4.78 is 13.6. The fourth-order valence-corrected chi connectivity index (χ4v) is 5.16. The maximum absolute atomic E-state index is 9.56. The monoisotopic (exact) mass is 452 g/mol. The minimum absolute atomic E-state index is 0.228. The summed E-state index contributed by atoms with van der Waals surface area (Å²) in [6, 6.07) is 14.1. The van der Waals surface area contributed by atoms with Crippen LogP contribution in [0.15, 0.2) is 61.2 Å². The number of hydrogen-bond acceptors (Lipinski definition) is 7. The summed E-state index contributed by atoms with van der Waals surface area (Å²) in [5, 5.41) is 13.9. The molecule has 6 heterocycles. The molecule has 170 valence electrons. The second kappa shape index (κ2) is 8.34. The lowest BCUT2D eigenvalue weighted by atomic mass is 9.68. The van der Waals surface area contributed by atoms with Gasteiger partial charge in [0.25, 0.3) is 0 Å². The number of hydrogen-bond donors (Lipinski definition) is 0. The van der Waals surface area contributed by atoms with Gasteiger partial charge in [0.05, 0.1) is 30.1 Å². The number of fused-ring (bicyclic) bond motifs is 3. The molecule has 4 aromatic heterocycles. The molecule has 8 nitrogen and oxygen atoms in total. The molecule has 3 fully saturated rings. The smallest absolute Gasteiger partial charge is 0.213 e. The van der Waals surface area contributed by atoms with E-state index >= 15 is 0 Å². The lowest BCUT2D eigenvalue weighted by Crippen LogP contribution is -2.60. The van der Waals surface area contributed by atoms with Crippen LogP contribution in [0.25, 0.3) is 16.6 Å². The summed E-state index contributed by atoms with van der Waals surface area (Å²) in [4.78, 5) is 11.4. The maximum Gasteiger partial charge on any atom is 0.213 e. The Bertz CT molecular complexity index is 1350. The van der Waals surface area contributed by atoms with Gasteiger partial charge in [-0.05, 0) is 37.6 Å². The Hall–Kier alpha value is -4.12. The third kappa shape index (κ3) is 3.50. The van der Waals surface area contributed by atoms with Crippen LogP contribution < -0.4 is 14.4 Å². The Balaban J connectivity index is 1.23. The summed E-state index contributed by atoms with van der Waals surface area (Å²) in [6.45, 7) is 4.34. The van der Waals surface area contributed by atoms with Gasteiger partial charge in [0.2, 0.25) is 5.88 Å². The topological polar surface area (TPSA) is 88.6 Å². The third-order valence-electron chi connectivity index (χ3n) is 6.74. The lowest BCUT2D eigenvalue weighted by Gasteiger charge is -2.53. The fourth-order valence-electron chi connectivity index (χ4n) is 5.16. The largest absolute Gasteiger partial charge is 0.492 e. The molecule has 1 saturated carbocycles. The van der Waals surface area contributed by atoms with Crippen LogP contribution in [0.2, 0.25) is 0 Å². The number of aromatic nitrogens is 4. The SMILES string of the molecule is CCOc1cc(-c2ccc(N3C[C@H]4C[C@@H](C3)C4Oc3ccccn3)nc2)c2c(C#N)cnn2c1. The van der Waals surface area contributed by atoms with E-state index in [4.69, 9.17) is 14.5 Å². The Morgan fingerprint density at radius 1 is 1.12 bits per heavy atom. The van der Waals surface area contributed by atoms with Crippen LogP contribution in [0.1, 0.15) is 18.9 Å². The summed E-state index contributed by atoms with van der Waals surface area (Å²) in [7, 11) is 0. The van der Waals surface area contributed by atoms with E-state index < -0.39 is 0 Å². The standard InChI is InChI=1S/C26H24N6O2/c1-2-33-21-10-22(25-20(11-27)13-30-32(25)16-21)17-6-7-23(29-12-17)31-14-18-9-19(15-31)26(18)34-24-5-3-4-8-28-24/h3-8,10,12-13,16,18-19,26H,2,9,14-15H2,1H3/t18-,19+,26?. The third-order valence-corrected chi connectivity index (χ3v) is 6.74. The van der Waals surface area contributed by atoms with Crippen molar-refractivity contribution in [3.05, 3.63) is 66.7 Å². The van der Waals surface area contributed by atoms with Gasteiger partial charge >= 0.3 is 0 Å². The second-order valence-electron chi connectivity index (χ2n) is 8.80.